The molecular formula is C23H32N10O3. The number of hydrogen-bond acceptors (Lipinski definition) is 9. The summed E-state index contributed by atoms with van der Waals surface area (Å²) in [6.45, 7) is 2.66. The molecule has 0 spiro atoms. The Morgan fingerprint density at radius 3 is 2.50 bits per heavy atom. The number of nitrogens with zero attached hydrogens (tertiary/aromatic N) is 3. The van der Waals surface area contributed by atoms with Gasteiger partial charge in [-0.1, -0.05) is 18.2 Å². The maximum atomic E-state index is 10.2. The molecule has 1 aliphatic rings. The predicted octanol–water partition coefficient (Wildman–Crippen LogP) is -0.243. The number of amides is 1. The maximum Gasteiger partial charge on any atom is 0.207 e. The van der Waals surface area contributed by atoms with Crippen molar-refractivity contribution < 1.29 is 14.3 Å². The van der Waals surface area contributed by atoms with Crippen molar-refractivity contribution in [1.29, 1.82) is 0 Å². The van der Waals surface area contributed by atoms with E-state index in [1.54, 1.807) is 0 Å². The van der Waals surface area contributed by atoms with Gasteiger partial charge in [0.15, 0.2) is 6.29 Å². The highest BCUT2D eigenvalue weighted by Crippen LogP contribution is 2.11. The minimum absolute atomic E-state index is 0.254. The van der Waals surface area contributed by atoms with Gasteiger partial charge in [-0.15, -0.1) is 0 Å². The quantitative estimate of drug-likeness (QED) is 0.0463. The Kier molecular flexibility index (Phi) is 10.8. The summed E-state index contributed by atoms with van der Waals surface area (Å²) in [6, 6.07) is 17.1. The third kappa shape index (κ3) is 9.12. The van der Waals surface area contributed by atoms with Gasteiger partial charge in [0.25, 0.3) is 0 Å². The summed E-state index contributed by atoms with van der Waals surface area (Å²) in [5.41, 5.74) is 8.17. The normalized spacial score (nSPS) is 16.4. The molecule has 1 unspecified atom stereocenters. The summed E-state index contributed by atoms with van der Waals surface area (Å²) in [7, 11) is 0. The summed E-state index contributed by atoms with van der Waals surface area (Å²) in [5.74, 6) is 6.54. The molecule has 9 N–H and O–H groups in total. The second-order valence-electron chi connectivity index (χ2n) is 7.40. The molecule has 1 aliphatic heterocycles. The number of benzene rings is 2. The average Bonchev–Trinajstić information content (AvgIpc) is 2.90. The molecule has 0 saturated heterocycles. The minimum atomic E-state index is -0.455. The van der Waals surface area contributed by atoms with Crippen LogP contribution in [0.3, 0.4) is 0 Å². The van der Waals surface area contributed by atoms with Crippen LogP contribution in [0.5, 0.6) is 0 Å². The third-order valence-corrected chi connectivity index (χ3v) is 4.78. The van der Waals surface area contributed by atoms with Gasteiger partial charge in [0.2, 0.25) is 18.3 Å². The standard InChI is InChI=1S/C23H32N10O3/c24-20(33-25)17-6-8-19(9-7-17)29-23-31-21(27-11-13-36-15-14-35-12-10-26-16-34)30-22(32-23)28-18-4-2-1-3-5-18/h1-9,16,22,28H,10-15,25H2,(H2,24,33)(H,26,34)(H3,27,29,30,31,32). The van der Waals surface area contributed by atoms with Crippen LogP contribution in [0.2, 0.25) is 0 Å². The summed E-state index contributed by atoms with van der Waals surface area (Å²) < 4.78 is 10.9. The van der Waals surface area contributed by atoms with E-state index in [1.165, 1.54) is 0 Å². The Morgan fingerprint density at radius 2 is 1.78 bits per heavy atom. The Morgan fingerprint density at radius 1 is 1.03 bits per heavy atom. The molecule has 36 heavy (non-hydrogen) atoms. The highest BCUT2D eigenvalue weighted by atomic mass is 16.5. The second kappa shape index (κ2) is 14.8. The molecule has 0 aliphatic carbocycles. The number of nitrogens with two attached hydrogens (primary N) is 2. The van der Waals surface area contributed by atoms with Crippen molar-refractivity contribution in [3.63, 3.8) is 0 Å². The monoisotopic (exact) mass is 496 g/mol. The first-order valence-electron chi connectivity index (χ1n) is 11.4. The number of nitrogens with one attached hydrogen (secondary N) is 5. The molecule has 2 aromatic rings. The van der Waals surface area contributed by atoms with Crippen LogP contribution in [0.1, 0.15) is 5.56 Å². The fraction of sp³-hybridized carbons (Fsp3) is 0.304. The van der Waals surface area contributed by atoms with Crippen LogP contribution in [0.15, 0.2) is 69.7 Å². The van der Waals surface area contributed by atoms with Crippen LogP contribution in [-0.4, -0.2) is 70.0 Å². The first kappa shape index (κ1) is 26.2. The zero-order valence-electron chi connectivity index (χ0n) is 19.8. The van der Waals surface area contributed by atoms with Crippen molar-refractivity contribution in [2.24, 2.45) is 26.7 Å². The highest BCUT2D eigenvalue weighted by Gasteiger charge is 2.18. The van der Waals surface area contributed by atoms with Crippen LogP contribution in [0, 0.1) is 0 Å². The van der Waals surface area contributed by atoms with Crippen molar-refractivity contribution in [2.75, 3.05) is 50.2 Å². The fourth-order valence-electron chi connectivity index (χ4n) is 3.05. The number of hydrogen-bond donors (Lipinski definition) is 7. The smallest absolute Gasteiger partial charge is 0.207 e. The molecule has 1 amide bonds. The predicted molar refractivity (Wildman–Crippen MR) is 141 cm³/mol. The molecule has 1 heterocycles. The number of amidine groups is 1. The lowest BCUT2D eigenvalue weighted by Crippen LogP contribution is -2.55. The van der Waals surface area contributed by atoms with E-state index in [2.05, 4.69) is 41.7 Å². The third-order valence-electron chi connectivity index (χ3n) is 4.78. The Hall–Kier alpha value is -4.36. The summed E-state index contributed by atoms with van der Waals surface area (Å²) in [5, 5.41) is 19.0. The number of rotatable bonds is 14. The molecule has 2 aromatic carbocycles. The first-order valence-corrected chi connectivity index (χ1v) is 11.4. The van der Waals surface area contributed by atoms with E-state index in [1.807, 2.05) is 54.6 Å². The number of para-hydroxylation sites is 1. The number of anilines is 2. The van der Waals surface area contributed by atoms with Crippen molar-refractivity contribution in [1.82, 2.24) is 16.0 Å². The van der Waals surface area contributed by atoms with E-state index >= 15 is 0 Å². The number of guanidine groups is 2. The largest absolute Gasteiger partial charge is 0.382 e. The van der Waals surface area contributed by atoms with E-state index in [0.717, 1.165) is 16.9 Å². The lowest BCUT2D eigenvalue weighted by Gasteiger charge is -2.27. The number of aliphatic imine (C=N–C) groups is 2. The van der Waals surface area contributed by atoms with Crippen LogP contribution in [-0.2, 0) is 14.3 Å². The zero-order chi connectivity index (χ0) is 25.4. The zero-order valence-corrected chi connectivity index (χ0v) is 19.8. The van der Waals surface area contributed by atoms with Crippen LogP contribution in [0.25, 0.3) is 0 Å². The van der Waals surface area contributed by atoms with Crippen molar-refractivity contribution in [3.8, 4) is 0 Å². The van der Waals surface area contributed by atoms with Crippen LogP contribution in [0.4, 0.5) is 11.4 Å². The molecule has 0 bridgehead atoms. The van der Waals surface area contributed by atoms with Gasteiger partial charge in [0, 0.05) is 23.5 Å². The van der Waals surface area contributed by atoms with Crippen LogP contribution >= 0.6 is 0 Å². The van der Waals surface area contributed by atoms with Gasteiger partial charge in [-0.05, 0) is 36.4 Å². The van der Waals surface area contributed by atoms with Gasteiger partial charge >= 0.3 is 0 Å². The second-order valence-corrected chi connectivity index (χ2v) is 7.40. The molecule has 1 atom stereocenters. The maximum absolute atomic E-state index is 10.2. The average molecular weight is 497 g/mol. The summed E-state index contributed by atoms with van der Waals surface area (Å²) >= 11 is 0. The first-order chi connectivity index (χ1) is 17.7. The molecular weight excluding hydrogens is 464 g/mol. The van der Waals surface area contributed by atoms with Crippen molar-refractivity contribution in [3.05, 3.63) is 60.2 Å². The molecule has 3 rings (SSSR count). The SMILES string of the molecule is N/N=C(\N)c1ccc(NC2=NC(Nc3ccccc3)NC(=NCCOCCOCCNC=O)N2)cc1. The summed E-state index contributed by atoms with van der Waals surface area (Å²) in [4.78, 5) is 19.4. The topological polar surface area (TPSA) is 185 Å². The van der Waals surface area contributed by atoms with E-state index < -0.39 is 6.29 Å². The molecule has 13 nitrogen and oxygen atoms in total. The Labute approximate surface area is 209 Å². The number of hydrazone groups is 1. The van der Waals surface area contributed by atoms with Crippen molar-refractivity contribution >= 4 is 35.5 Å². The molecule has 0 aromatic heterocycles. The van der Waals surface area contributed by atoms with Crippen molar-refractivity contribution in [2.45, 2.75) is 6.29 Å². The fourth-order valence-corrected chi connectivity index (χ4v) is 3.05. The lowest BCUT2D eigenvalue weighted by atomic mass is 10.2. The van der Waals surface area contributed by atoms with Gasteiger partial charge < -0.3 is 42.3 Å². The van der Waals surface area contributed by atoms with E-state index in [-0.39, 0.29) is 5.84 Å². The summed E-state index contributed by atoms with van der Waals surface area (Å²) in [6.07, 6.45) is 0.186. The number of ether oxygens (including phenoxy) is 2. The molecule has 192 valence electrons. The van der Waals surface area contributed by atoms with Gasteiger partial charge in [-0.3, -0.25) is 15.1 Å². The lowest BCUT2D eigenvalue weighted by molar-refractivity contribution is -0.109. The van der Waals surface area contributed by atoms with Gasteiger partial charge in [0.05, 0.1) is 33.0 Å². The number of carbonyl (C=O) groups excluding carboxylic acids is 1. The number of carbonyl (C=O) groups is 1. The van der Waals surface area contributed by atoms with Gasteiger partial charge in [-0.25, -0.2) is 4.99 Å². The molecule has 0 saturated carbocycles. The molecule has 0 radical (unpaired) electrons. The van der Waals surface area contributed by atoms with Gasteiger partial charge in [-0.2, -0.15) is 5.10 Å². The van der Waals surface area contributed by atoms with E-state index in [9.17, 15) is 4.79 Å². The van der Waals surface area contributed by atoms with E-state index in [0.29, 0.717) is 57.8 Å². The molecule has 0 fully saturated rings. The highest BCUT2D eigenvalue weighted by molar-refractivity contribution is 6.07. The van der Waals surface area contributed by atoms with Gasteiger partial charge in [0.1, 0.15) is 5.84 Å². The Bertz CT molecular complexity index is 1030. The van der Waals surface area contributed by atoms with Crippen LogP contribution < -0.4 is 38.2 Å². The Balaban J connectivity index is 1.55. The molecule has 13 heteroatoms. The van der Waals surface area contributed by atoms with E-state index in [4.69, 9.17) is 21.1 Å². The minimum Gasteiger partial charge on any atom is -0.382 e.